The molecule has 1 rings (SSSR count). The molecule has 0 radical (unpaired) electrons. The van der Waals surface area contributed by atoms with Crippen molar-refractivity contribution in [2.24, 2.45) is 5.73 Å². The van der Waals surface area contributed by atoms with Crippen LogP contribution in [0.1, 0.15) is 37.3 Å². The monoisotopic (exact) mass is 257 g/mol. The number of hydrogen-bond acceptors (Lipinski definition) is 2. The van der Waals surface area contributed by atoms with Crippen molar-refractivity contribution < 1.29 is 8.60 Å². The van der Waals surface area contributed by atoms with Crippen molar-refractivity contribution in [2.75, 3.05) is 5.75 Å². The second-order valence-corrected chi connectivity index (χ2v) is 5.70. The van der Waals surface area contributed by atoms with E-state index in [2.05, 4.69) is 6.92 Å². The molecule has 0 saturated carbocycles. The second-order valence-electron chi connectivity index (χ2n) is 4.13. The molecule has 0 aliphatic carbocycles. The molecule has 1 unspecified atom stereocenters. The van der Waals surface area contributed by atoms with Crippen molar-refractivity contribution in [3.63, 3.8) is 0 Å². The third-order valence-electron chi connectivity index (χ3n) is 2.64. The Morgan fingerprint density at radius 1 is 1.35 bits per heavy atom. The lowest BCUT2D eigenvalue weighted by atomic mass is 10.1. The van der Waals surface area contributed by atoms with Crippen LogP contribution in [0, 0.1) is 5.82 Å². The van der Waals surface area contributed by atoms with E-state index in [0.717, 1.165) is 24.8 Å². The van der Waals surface area contributed by atoms with E-state index in [1.54, 1.807) is 12.1 Å². The fraction of sp³-hybridized carbons (Fsp3) is 0.538. The molecule has 1 aromatic rings. The molecule has 0 aliphatic heterocycles. The zero-order valence-corrected chi connectivity index (χ0v) is 11.1. The Kier molecular flexibility index (Phi) is 6.37. The van der Waals surface area contributed by atoms with Crippen molar-refractivity contribution in [1.82, 2.24) is 0 Å². The van der Waals surface area contributed by atoms with Crippen LogP contribution in [0.4, 0.5) is 4.39 Å². The topological polar surface area (TPSA) is 43.1 Å². The molecule has 0 spiro atoms. The smallest absolute Gasteiger partial charge is 0.127 e. The van der Waals surface area contributed by atoms with E-state index in [1.165, 1.54) is 6.07 Å². The quantitative estimate of drug-likeness (QED) is 0.763. The molecule has 0 heterocycles. The predicted octanol–water partition coefficient (Wildman–Crippen LogP) is 2.72. The number of unbranched alkanes of at least 4 members (excludes halogenated alkanes) is 2. The summed E-state index contributed by atoms with van der Waals surface area (Å²) in [5.41, 5.74) is 6.90. The average molecular weight is 257 g/mol. The largest absolute Gasteiger partial charge is 0.326 e. The van der Waals surface area contributed by atoms with Gasteiger partial charge in [-0.25, -0.2) is 4.39 Å². The van der Waals surface area contributed by atoms with E-state index in [-0.39, 0.29) is 5.82 Å². The predicted molar refractivity (Wildman–Crippen MR) is 70.5 cm³/mol. The summed E-state index contributed by atoms with van der Waals surface area (Å²) in [6.45, 7) is 2.49. The van der Waals surface area contributed by atoms with Crippen LogP contribution in [0.3, 0.4) is 0 Å². The highest BCUT2D eigenvalue weighted by Gasteiger charge is 2.07. The lowest BCUT2D eigenvalue weighted by molar-refractivity contribution is 0.614. The van der Waals surface area contributed by atoms with E-state index in [4.69, 9.17) is 5.73 Å². The standard InChI is InChI=1S/C13H20FNOS/c1-2-3-4-7-17(16)10-12-8-11(9-15)5-6-13(12)14/h5-6,8H,2-4,7,9-10,15H2,1H3. The SMILES string of the molecule is CCCCCS(=O)Cc1cc(CN)ccc1F. The van der Waals surface area contributed by atoms with E-state index >= 15 is 0 Å². The molecule has 0 fully saturated rings. The Bertz CT molecular complexity index is 382. The third kappa shape index (κ3) is 4.96. The molecule has 2 nitrogen and oxygen atoms in total. The minimum Gasteiger partial charge on any atom is -0.326 e. The molecule has 0 bridgehead atoms. The van der Waals surface area contributed by atoms with Gasteiger partial charge in [-0.05, 0) is 18.1 Å². The highest BCUT2D eigenvalue weighted by Crippen LogP contribution is 2.13. The highest BCUT2D eigenvalue weighted by atomic mass is 32.2. The third-order valence-corrected chi connectivity index (χ3v) is 4.01. The molecule has 17 heavy (non-hydrogen) atoms. The van der Waals surface area contributed by atoms with Gasteiger partial charge in [-0.3, -0.25) is 4.21 Å². The van der Waals surface area contributed by atoms with Crippen LogP contribution in [0.5, 0.6) is 0 Å². The number of halogens is 1. The summed E-state index contributed by atoms with van der Waals surface area (Å²) in [5, 5.41) is 0. The van der Waals surface area contributed by atoms with Crippen molar-refractivity contribution in [3.05, 3.63) is 35.1 Å². The molecule has 96 valence electrons. The second kappa shape index (κ2) is 7.56. The summed E-state index contributed by atoms with van der Waals surface area (Å²) in [6.07, 6.45) is 3.13. The molecule has 0 saturated heterocycles. The van der Waals surface area contributed by atoms with Gasteiger partial charge >= 0.3 is 0 Å². The van der Waals surface area contributed by atoms with Crippen LogP contribution in [0.25, 0.3) is 0 Å². The van der Waals surface area contributed by atoms with Crippen molar-refractivity contribution in [2.45, 2.75) is 38.5 Å². The van der Waals surface area contributed by atoms with Gasteiger partial charge in [0.1, 0.15) is 5.82 Å². The summed E-state index contributed by atoms with van der Waals surface area (Å²) >= 11 is 0. The maximum Gasteiger partial charge on any atom is 0.127 e. The first-order chi connectivity index (χ1) is 8.17. The van der Waals surface area contributed by atoms with Crippen molar-refractivity contribution in [3.8, 4) is 0 Å². The van der Waals surface area contributed by atoms with Gasteiger partial charge in [-0.1, -0.05) is 31.9 Å². The number of nitrogens with two attached hydrogens (primary N) is 1. The molecule has 1 aromatic carbocycles. The molecule has 0 amide bonds. The van der Waals surface area contributed by atoms with E-state index in [0.29, 0.717) is 23.6 Å². The number of hydrogen-bond donors (Lipinski definition) is 1. The summed E-state index contributed by atoms with van der Waals surface area (Å²) in [6, 6.07) is 4.78. The fourth-order valence-electron chi connectivity index (χ4n) is 1.62. The Balaban J connectivity index is 2.57. The molecule has 2 N–H and O–H groups in total. The van der Waals surface area contributed by atoms with Gasteiger partial charge in [0.25, 0.3) is 0 Å². The van der Waals surface area contributed by atoms with Gasteiger partial charge in [0.2, 0.25) is 0 Å². The van der Waals surface area contributed by atoms with Crippen LogP contribution in [0.2, 0.25) is 0 Å². The number of rotatable bonds is 7. The van der Waals surface area contributed by atoms with Gasteiger partial charge in [-0.2, -0.15) is 0 Å². The molecule has 0 aromatic heterocycles. The zero-order valence-electron chi connectivity index (χ0n) is 10.2. The van der Waals surface area contributed by atoms with Gasteiger partial charge in [0.05, 0.1) is 5.75 Å². The minimum atomic E-state index is -0.974. The fourth-order valence-corrected chi connectivity index (χ4v) is 2.86. The summed E-state index contributed by atoms with van der Waals surface area (Å²) in [5.74, 6) is 0.662. The summed E-state index contributed by atoms with van der Waals surface area (Å²) < 4.78 is 25.2. The lowest BCUT2D eigenvalue weighted by Gasteiger charge is -2.06. The van der Waals surface area contributed by atoms with E-state index < -0.39 is 10.8 Å². The van der Waals surface area contributed by atoms with Gasteiger partial charge in [0, 0.05) is 28.7 Å². The summed E-state index contributed by atoms with van der Waals surface area (Å²) in [4.78, 5) is 0. The van der Waals surface area contributed by atoms with Crippen LogP contribution in [-0.4, -0.2) is 9.96 Å². The lowest BCUT2D eigenvalue weighted by Crippen LogP contribution is -2.05. The average Bonchev–Trinajstić information content (AvgIpc) is 2.32. The van der Waals surface area contributed by atoms with Crippen LogP contribution >= 0.6 is 0 Å². The molecule has 4 heteroatoms. The molecular weight excluding hydrogens is 237 g/mol. The zero-order chi connectivity index (χ0) is 12.7. The van der Waals surface area contributed by atoms with Gasteiger partial charge < -0.3 is 5.73 Å². The molecular formula is C13H20FNOS. The van der Waals surface area contributed by atoms with Crippen LogP contribution in [0.15, 0.2) is 18.2 Å². The Labute approximate surface area is 105 Å². The van der Waals surface area contributed by atoms with E-state index in [1.807, 2.05) is 0 Å². The minimum absolute atomic E-state index is 0.286. The first kappa shape index (κ1) is 14.3. The Morgan fingerprint density at radius 2 is 2.12 bits per heavy atom. The number of benzene rings is 1. The first-order valence-corrected chi connectivity index (χ1v) is 7.48. The van der Waals surface area contributed by atoms with Gasteiger partial charge in [-0.15, -0.1) is 0 Å². The van der Waals surface area contributed by atoms with E-state index in [9.17, 15) is 8.60 Å². The first-order valence-electron chi connectivity index (χ1n) is 5.99. The highest BCUT2D eigenvalue weighted by molar-refractivity contribution is 7.84. The maximum absolute atomic E-state index is 13.5. The summed E-state index contributed by atoms with van der Waals surface area (Å²) in [7, 11) is -0.974. The van der Waals surface area contributed by atoms with Crippen molar-refractivity contribution in [1.29, 1.82) is 0 Å². The normalized spacial score (nSPS) is 12.6. The molecule has 0 aliphatic rings. The van der Waals surface area contributed by atoms with Crippen molar-refractivity contribution >= 4 is 10.8 Å². The molecule has 1 atom stereocenters. The Hall–Kier alpha value is -0.740. The Morgan fingerprint density at radius 3 is 2.76 bits per heavy atom. The maximum atomic E-state index is 13.5. The van der Waals surface area contributed by atoms with Crippen LogP contribution < -0.4 is 5.73 Å². The van der Waals surface area contributed by atoms with Gasteiger partial charge in [0.15, 0.2) is 0 Å². The van der Waals surface area contributed by atoms with Crippen LogP contribution in [-0.2, 0) is 23.1 Å².